The molecule has 2 unspecified atom stereocenters. The fourth-order valence-electron chi connectivity index (χ4n) is 6.83. The molecule has 0 spiro atoms. The molecule has 1 aromatic carbocycles. The highest BCUT2D eigenvalue weighted by Gasteiger charge is 2.40. The van der Waals surface area contributed by atoms with Crippen molar-refractivity contribution < 1.29 is 31.4 Å². The molecule has 4 aromatic heterocycles. The summed E-state index contributed by atoms with van der Waals surface area (Å²) in [6.07, 6.45) is -0.808. The molecule has 5 aromatic rings. The number of nitrogen functional groups attached to an aromatic ring is 1. The Labute approximate surface area is 271 Å². The van der Waals surface area contributed by atoms with Crippen molar-refractivity contribution in [2.75, 3.05) is 37.4 Å². The van der Waals surface area contributed by atoms with E-state index in [1.165, 1.54) is 25.3 Å². The third-order valence-electron chi connectivity index (χ3n) is 9.22. The summed E-state index contributed by atoms with van der Waals surface area (Å²) in [6, 6.07) is 1.26. The molecular weight excluding hydrogens is 637 g/mol. The Kier molecular flexibility index (Phi) is 7.72. The van der Waals surface area contributed by atoms with Crippen LogP contribution in [0.3, 0.4) is 0 Å². The van der Waals surface area contributed by atoms with E-state index in [0.717, 1.165) is 25.6 Å². The van der Waals surface area contributed by atoms with Crippen molar-refractivity contribution >= 4 is 33.4 Å². The Morgan fingerprint density at radius 1 is 1.17 bits per heavy atom. The first-order valence-electron chi connectivity index (χ1n) is 15.4. The molecule has 11 nitrogen and oxygen atoms in total. The van der Waals surface area contributed by atoms with Gasteiger partial charge in [0.1, 0.15) is 47.3 Å². The first-order valence-corrected chi connectivity index (χ1v) is 15.4. The molecule has 0 aliphatic carbocycles. The summed E-state index contributed by atoms with van der Waals surface area (Å²) in [5, 5.41) is 6.63. The van der Waals surface area contributed by atoms with Crippen LogP contribution in [0.15, 0.2) is 24.5 Å². The fourth-order valence-corrected chi connectivity index (χ4v) is 6.83. The number of halogens is 5. The number of nitrogens with two attached hydrogens (primary N) is 1. The lowest BCUT2D eigenvalue weighted by molar-refractivity contribution is -0.137. The van der Waals surface area contributed by atoms with E-state index in [0.29, 0.717) is 5.56 Å². The molecule has 2 aliphatic rings. The number of hydrogen-bond acceptors (Lipinski definition) is 10. The number of nitrogens with one attached hydrogen (secondary N) is 1. The molecule has 0 amide bonds. The minimum Gasteiger partial charge on any atom is -0.475 e. The number of likely N-dealkylation sites (N-methyl/N-ethyl adjacent to an activating group) is 1. The number of pyridine rings is 2. The fraction of sp³-hybridized carbons (Fsp3) is 0.406. The van der Waals surface area contributed by atoms with Crippen molar-refractivity contribution in [1.29, 1.82) is 0 Å². The predicted molar refractivity (Wildman–Crippen MR) is 168 cm³/mol. The number of anilines is 2. The minimum absolute atomic E-state index is 0.0189. The van der Waals surface area contributed by atoms with Crippen molar-refractivity contribution in [3.63, 3.8) is 0 Å². The topological polar surface area (TPSA) is 131 Å². The van der Waals surface area contributed by atoms with Gasteiger partial charge in [0.05, 0.1) is 35.6 Å². The van der Waals surface area contributed by atoms with Gasteiger partial charge in [-0.2, -0.15) is 28.2 Å². The van der Waals surface area contributed by atoms with E-state index in [2.05, 4.69) is 30.0 Å². The van der Waals surface area contributed by atoms with Crippen molar-refractivity contribution in [3.05, 3.63) is 52.9 Å². The Balaban J connectivity index is 1.50. The van der Waals surface area contributed by atoms with E-state index in [1.54, 1.807) is 11.8 Å². The number of rotatable bonds is 6. The van der Waals surface area contributed by atoms with Crippen LogP contribution in [-0.4, -0.2) is 73.9 Å². The highest BCUT2D eigenvalue weighted by molar-refractivity contribution is 6.02. The van der Waals surface area contributed by atoms with Crippen LogP contribution in [0.1, 0.15) is 49.4 Å². The van der Waals surface area contributed by atoms with Crippen LogP contribution in [0.4, 0.5) is 33.6 Å². The summed E-state index contributed by atoms with van der Waals surface area (Å²) in [5.74, 6) is -1.69. The molecule has 7 rings (SSSR count). The molecule has 0 bridgehead atoms. The number of alkyl halides is 3. The van der Waals surface area contributed by atoms with E-state index < -0.39 is 46.7 Å². The van der Waals surface area contributed by atoms with Gasteiger partial charge in [0.25, 0.3) is 0 Å². The lowest BCUT2D eigenvalue weighted by Gasteiger charge is -2.35. The Morgan fingerprint density at radius 3 is 2.69 bits per heavy atom. The molecule has 3 N–H and O–H groups in total. The summed E-state index contributed by atoms with van der Waals surface area (Å²) in [4.78, 5) is 21.4. The van der Waals surface area contributed by atoms with Crippen LogP contribution < -0.4 is 20.1 Å². The number of ether oxygens (including phenoxy) is 2. The van der Waals surface area contributed by atoms with Gasteiger partial charge in [-0.05, 0) is 64.9 Å². The predicted octanol–water partition coefficient (Wildman–Crippen LogP) is 5.97. The average Bonchev–Trinajstić information content (AvgIpc) is 3.64. The second kappa shape index (κ2) is 11.7. The molecule has 3 atom stereocenters. The number of aryl methyl sites for hydroxylation is 1. The van der Waals surface area contributed by atoms with Gasteiger partial charge in [-0.3, -0.25) is 5.10 Å². The first-order chi connectivity index (χ1) is 22.8. The number of fused-ring (bicyclic) bond motifs is 1. The van der Waals surface area contributed by atoms with E-state index in [1.807, 2.05) is 14.0 Å². The zero-order chi connectivity index (χ0) is 34.1. The smallest absolute Gasteiger partial charge is 0.417 e. The summed E-state index contributed by atoms with van der Waals surface area (Å²) in [7, 11) is 1.97. The summed E-state index contributed by atoms with van der Waals surface area (Å²) in [5.41, 5.74) is 4.12. The van der Waals surface area contributed by atoms with E-state index >= 15 is 4.39 Å². The standard InChI is InChI=1S/C32H32F5N9O2/c1-14-8-21-20(11-40-44-21)22(24(14)32(35,36)37)26-25(34)27-23-29(43-31(42-27)48-13-18-6-5-7-45(18)4)46(15(2)12-47-30(23)41-26)16(3)19-9-17(33)10-39-28(19)38/h8-11,15-16,18H,5-7,12-13H2,1-4H3,(H2,38,39)(H,40,44)/t15-,16?,18?/m0/s1. The van der Waals surface area contributed by atoms with Gasteiger partial charge in [-0.15, -0.1) is 0 Å². The van der Waals surface area contributed by atoms with Gasteiger partial charge < -0.3 is 25.0 Å². The van der Waals surface area contributed by atoms with E-state index in [9.17, 15) is 17.6 Å². The van der Waals surface area contributed by atoms with Gasteiger partial charge in [-0.1, -0.05) is 0 Å². The molecule has 0 saturated carbocycles. The third-order valence-corrected chi connectivity index (χ3v) is 9.22. The number of likely N-dealkylation sites (tertiary alicyclic amines) is 1. The van der Waals surface area contributed by atoms with Crippen molar-refractivity contribution in [1.82, 2.24) is 35.0 Å². The lowest BCUT2D eigenvalue weighted by atomic mass is 9.94. The average molecular weight is 670 g/mol. The quantitative estimate of drug-likeness (QED) is 0.209. The van der Waals surface area contributed by atoms with Gasteiger partial charge in [-0.25, -0.2) is 18.7 Å². The maximum absolute atomic E-state index is 17.0. The van der Waals surface area contributed by atoms with Gasteiger partial charge in [0.15, 0.2) is 5.82 Å². The molecule has 48 heavy (non-hydrogen) atoms. The molecule has 0 radical (unpaired) electrons. The number of nitrogens with zero attached hydrogens (tertiary/aromatic N) is 7. The van der Waals surface area contributed by atoms with Gasteiger partial charge >= 0.3 is 12.2 Å². The van der Waals surface area contributed by atoms with Crippen LogP contribution >= 0.6 is 0 Å². The normalized spacial score (nSPS) is 19.1. The molecular formula is C32H32F5N9O2. The van der Waals surface area contributed by atoms with Crippen molar-refractivity contribution in [2.24, 2.45) is 0 Å². The van der Waals surface area contributed by atoms with Gasteiger partial charge in [0, 0.05) is 22.6 Å². The SMILES string of the molecule is Cc1cc2[nH]ncc2c(-c2nc3c4c(nc(OCC5CCCN5C)nc4c2F)N(C(C)c2cc(F)cnc2N)[C@@H](C)CO3)c1C(F)(F)F. The monoisotopic (exact) mass is 669 g/mol. The van der Waals surface area contributed by atoms with Crippen molar-refractivity contribution in [2.45, 2.75) is 57.9 Å². The second-order valence-electron chi connectivity index (χ2n) is 12.4. The molecule has 6 heterocycles. The highest BCUT2D eigenvalue weighted by atomic mass is 19.4. The first kappa shape index (κ1) is 31.7. The summed E-state index contributed by atoms with van der Waals surface area (Å²) < 4.78 is 87.5. The minimum atomic E-state index is -4.86. The zero-order valence-electron chi connectivity index (χ0n) is 26.5. The molecule has 2 aliphatic heterocycles. The van der Waals surface area contributed by atoms with Crippen LogP contribution in [0.25, 0.3) is 33.1 Å². The van der Waals surface area contributed by atoms with Crippen LogP contribution in [0, 0.1) is 18.6 Å². The number of benzene rings is 1. The second-order valence-corrected chi connectivity index (χ2v) is 12.4. The Hall–Kier alpha value is -4.86. The van der Waals surface area contributed by atoms with E-state index in [4.69, 9.17) is 20.2 Å². The molecule has 1 saturated heterocycles. The van der Waals surface area contributed by atoms with Crippen molar-refractivity contribution in [3.8, 4) is 23.1 Å². The lowest BCUT2D eigenvalue weighted by Crippen LogP contribution is -2.39. The number of H-pyrrole nitrogens is 1. The highest BCUT2D eigenvalue weighted by Crippen LogP contribution is 2.47. The number of aromatic amines is 1. The van der Waals surface area contributed by atoms with Crippen LogP contribution in [0.5, 0.6) is 11.9 Å². The number of aromatic nitrogens is 6. The molecule has 252 valence electrons. The van der Waals surface area contributed by atoms with Crippen LogP contribution in [0.2, 0.25) is 0 Å². The van der Waals surface area contributed by atoms with Crippen LogP contribution in [-0.2, 0) is 6.18 Å². The summed E-state index contributed by atoms with van der Waals surface area (Å²) >= 11 is 0. The Morgan fingerprint density at radius 2 is 1.96 bits per heavy atom. The maximum atomic E-state index is 17.0. The third kappa shape index (κ3) is 5.27. The maximum Gasteiger partial charge on any atom is 0.417 e. The summed E-state index contributed by atoms with van der Waals surface area (Å²) in [6.45, 7) is 5.89. The Bertz CT molecular complexity index is 2050. The molecule has 16 heteroatoms. The zero-order valence-corrected chi connectivity index (χ0v) is 26.5. The van der Waals surface area contributed by atoms with E-state index in [-0.39, 0.29) is 70.2 Å². The number of hydrogen-bond donors (Lipinski definition) is 2. The largest absolute Gasteiger partial charge is 0.475 e. The molecule has 1 fully saturated rings. The van der Waals surface area contributed by atoms with Gasteiger partial charge in [0.2, 0.25) is 5.88 Å².